The molecule has 1 amide bonds. The van der Waals surface area contributed by atoms with E-state index in [1.165, 1.54) is 24.9 Å². The lowest BCUT2D eigenvalue weighted by atomic mass is 10.1. The molecule has 1 heterocycles. The molecule has 0 bridgehead atoms. The van der Waals surface area contributed by atoms with E-state index in [4.69, 9.17) is 0 Å². The highest BCUT2D eigenvalue weighted by atomic mass is 16.1. The van der Waals surface area contributed by atoms with E-state index >= 15 is 0 Å². The van der Waals surface area contributed by atoms with Crippen molar-refractivity contribution in [3.63, 3.8) is 0 Å². The maximum atomic E-state index is 12.2. The zero-order valence-corrected chi connectivity index (χ0v) is 13.9. The first-order valence-corrected chi connectivity index (χ1v) is 8.61. The van der Waals surface area contributed by atoms with Gasteiger partial charge in [0.15, 0.2) is 0 Å². The number of benzene rings is 1. The van der Waals surface area contributed by atoms with E-state index in [-0.39, 0.29) is 5.91 Å². The predicted molar refractivity (Wildman–Crippen MR) is 92.6 cm³/mol. The van der Waals surface area contributed by atoms with Crippen LogP contribution >= 0.6 is 0 Å². The van der Waals surface area contributed by atoms with Crippen LogP contribution in [0.2, 0.25) is 0 Å². The van der Waals surface area contributed by atoms with Gasteiger partial charge in [-0.15, -0.1) is 0 Å². The average molecular weight is 303 g/mol. The third-order valence-electron chi connectivity index (χ3n) is 4.33. The van der Waals surface area contributed by atoms with Crippen molar-refractivity contribution in [2.24, 2.45) is 0 Å². The predicted octanol–water partition coefficient (Wildman–Crippen LogP) is 2.79. The summed E-state index contributed by atoms with van der Waals surface area (Å²) in [6.45, 7) is 8.24. The highest BCUT2D eigenvalue weighted by Crippen LogP contribution is 2.16. The third-order valence-corrected chi connectivity index (χ3v) is 4.33. The van der Waals surface area contributed by atoms with Crippen molar-refractivity contribution in [3.8, 4) is 0 Å². The van der Waals surface area contributed by atoms with Crippen molar-refractivity contribution in [3.05, 3.63) is 29.8 Å². The molecule has 2 N–H and O–H groups in total. The number of nitrogens with zero attached hydrogens (tertiary/aromatic N) is 1. The second kappa shape index (κ2) is 8.79. The van der Waals surface area contributed by atoms with Crippen LogP contribution in [0.4, 0.5) is 5.69 Å². The van der Waals surface area contributed by atoms with Gasteiger partial charge in [-0.3, -0.25) is 4.79 Å². The van der Waals surface area contributed by atoms with Gasteiger partial charge in [0.05, 0.1) is 0 Å². The highest BCUT2D eigenvalue weighted by molar-refractivity contribution is 5.94. The zero-order chi connectivity index (χ0) is 15.8. The Morgan fingerprint density at radius 1 is 1.32 bits per heavy atom. The summed E-state index contributed by atoms with van der Waals surface area (Å²) in [5.41, 5.74) is 1.94. The van der Waals surface area contributed by atoms with Gasteiger partial charge in [0, 0.05) is 36.9 Å². The molecule has 1 saturated heterocycles. The van der Waals surface area contributed by atoms with Gasteiger partial charge in [0.2, 0.25) is 0 Å². The normalized spacial score (nSPS) is 17.5. The van der Waals surface area contributed by atoms with Crippen molar-refractivity contribution in [1.29, 1.82) is 0 Å². The molecule has 1 aromatic rings. The first-order valence-electron chi connectivity index (χ1n) is 8.61. The molecule has 0 aliphatic carbocycles. The minimum Gasteiger partial charge on any atom is -0.372 e. The molecule has 1 aromatic carbocycles. The van der Waals surface area contributed by atoms with Gasteiger partial charge in [-0.25, -0.2) is 0 Å². The summed E-state index contributed by atoms with van der Waals surface area (Å²) < 4.78 is 0. The Labute approximate surface area is 134 Å². The lowest BCUT2D eigenvalue weighted by Crippen LogP contribution is -2.37. The number of carbonyl (C=O) groups is 1. The molecule has 0 aromatic heterocycles. The molecule has 2 rings (SSSR count). The lowest BCUT2D eigenvalue weighted by molar-refractivity contribution is 0.0950. The minimum atomic E-state index is 0.0249. The summed E-state index contributed by atoms with van der Waals surface area (Å²) in [7, 11) is 0. The van der Waals surface area contributed by atoms with Crippen LogP contribution in [-0.4, -0.2) is 38.1 Å². The van der Waals surface area contributed by atoms with Gasteiger partial charge in [-0.1, -0.05) is 13.3 Å². The van der Waals surface area contributed by atoms with Crippen LogP contribution in [0.15, 0.2) is 24.3 Å². The van der Waals surface area contributed by atoms with E-state index in [1.54, 1.807) is 0 Å². The van der Waals surface area contributed by atoms with Gasteiger partial charge in [-0.05, 0) is 57.0 Å². The molecule has 1 fully saturated rings. The number of unbranched alkanes of at least 4 members (excludes halogenated alkanes) is 1. The van der Waals surface area contributed by atoms with E-state index in [9.17, 15) is 4.79 Å². The maximum Gasteiger partial charge on any atom is 0.251 e. The monoisotopic (exact) mass is 303 g/mol. The average Bonchev–Trinajstić information content (AvgIpc) is 3.07. The van der Waals surface area contributed by atoms with Crippen LogP contribution < -0.4 is 15.5 Å². The molecule has 0 saturated carbocycles. The topological polar surface area (TPSA) is 44.4 Å². The highest BCUT2D eigenvalue weighted by Gasteiger charge is 2.15. The van der Waals surface area contributed by atoms with Gasteiger partial charge >= 0.3 is 0 Å². The first kappa shape index (κ1) is 16.8. The first-order chi connectivity index (χ1) is 10.7. The number of hydrogen-bond acceptors (Lipinski definition) is 3. The number of anilines is 1. The fourth-order valence-electron chi connectivity index (χ4n) is 2.89. The maximum absolute atomic E-state index is 12.2. The van der Waals surface area contributed by atoms with Crippen molar-refractivity contribution in [1.82, 2.24) is 10.6 Å². The van der Waals surface area contributed by atoms with Crippen LogP contribution in [0.1, 0.15) is 49.9 Å². The quantitative estimate of drug-likeness (QED) is 0.776. The molecule has 1 atom stereocenters. The molecular formula is C18H29N3O. The van der Waals surface area contributed by atoms with Crippen molar-refractivity contribution in [2.75, 3.05) is 31.1 Å². The Morgan fingerprint density at radius 2 is 2.09 bits per heavy atom. The van der Waals surface area contributed by atoms with E-state index in [0.29, 0.717) is 6.04 Å². The molecule has 4 heteroatoms. The number of amides is 1. The molecule has 1 aliphatic heterocycles. The van der Waals surface area contributed by atoms with E-state index < -0.39 is 0 Å². The van der Waals surface area contributed by atoms with Crippen LogP contribution in [0.25, 0.3) is 0 Å². The smallest absolute Gasteiger partial charge is 0.251 e. The summed E-state index contributed by atoms with van der Waals surface area (Å²) in [5.74, 6) is 0.0249. The van der Waals surface area contributed by atoms with Crippen LogP contribution in [-0.2, 0) is 0 Å². The summed E-state index contributed by atoms with van der Waals surface area (Å²) in [6, 6.07) is 8.42. The van der Waals surface area contributed by atoms with Crippen molar-refractivity contribution < 1.29 is 4.79 Å². The molecule has 122 valence electrons. The van der Waals surface area contributed by atoms with Crippen LogP contribution in [0, 0.1) is 0 Å². The Hall–Kier alpha value is -1.55. The molecule has 4 nitrogen and oxygen atoms in total. The van der Waals surface area contributed by atoms with Crippen molar-refractivity contribution >= 4 is 11.6 Å². The zero-order valence-electron chi connectivity index (χ0n) is 13.9. The van der Waals surface area contributed by atoms with Crippen LogP contribution in [0.5, 0.6) is 0 Å². The standard InChI is InChI=1S/C18H29N3O/c1-3-5-13-21(4-2)17-10-8-15(9-11-17)18(22)20-14-16-7-6-12-19-16/h8-11,16,19H,3-7,12-14H2,1-2H3,(H,20,22). The molecular weight excluding hydrogens is 274 g/mol. The van der Waals surface area contributed by atoms with Gasteiger partial charge in [0.1, 0.15) is 0 Å². The SMILES string of the molecule is CCCCN(CC)c1ccc(C(=O)NCC2CCCN2)cc1. The van der Waals surface area contributed by atoms with Crippen molar-refractivity contribution in [2.45, 2.75) is 45.6 Å². The van der Waals surface area contributed by atoms with E-state index in [0.717, 1.165) is 38.2 Å². The summed E-state index contributed by atoms with van der Waals surface area (Å²) in [4.78, 5) is 14.5. The molecule has 0 spiro atoms. The molecule has 0 radical (unpaired) electrons. The Bertz CT molecular complexity index is 452. The van der Waals surface area contributed by atoms with Gasteiger partial charge < -0.3 is 15.5 Å². The Balaban J connectivity index is 1.87. The number of nitrogens with one attached hydrogen (secondary N) is 2. The minimum absolute atomic E-state index is 0.0249. The summed E-state index contributed by atoms with van der Waals surface area (Å²) >= 11 is 0. The number of hydrogen-bond donors (Lipinski definition) is 2. The molecule has 22 heavy (non-hydrogen) atoms. The number of rotatable bonds is 8. The molecule has 1 aliphatic rings. The fourth-order valence-corrected chi connectivity index (χ4v) is 2.89. The Kier molecular flexibility index (Phi) is 6.72. The second-order valence-electron chi connectivity index (χ2n) is 5.98. The second-order valence-corrected chi connectivity index (χ2v) is 5.98. The van der Waals surface area contributed by atoms with E-state index in [1.807, 2.05) is 12.1 Å². The van der Waals surface area contributed by atoms with E-state index in [2.05, 4.69) is 41.5 Å². The van der Waals surface area contributed by atoms with Gasteiger partial charge in [0.25, 0.3) is 5.91 Å². The van der Waals surface area contributed by atoms with Crippen LogP contribution in [0.3, 0.4) is 0 Å². The number of carbonyl (C=O) groups excluding carboxylic acids is 1. The fraction of sp³-hybridized carbons (Fsp3) is 0.611. The largest absolute Gasteiger partial charge is 0.372 e. The van der Waals surface area contributed by atoms with Gasteiger partial charge in [-0.2, -0.15) is 0 Å². The summed E-state index contributed by atoms with van der Waals surface area (Å²) in [6.07, 6.45) is 4.76. The Morgan fingerprint density at radius 3 is 2.68 bits per heavy atom. The third kappa shape index (κ3) is 4.73. The molecule has 1 unspecified atom stereocenters. The lowest BCUT2D eigenvalue weighted by Gasteiger charge is -2.23. The summed E-state index contributed by atoms with van der Waals surface area (Å²) in [5, 5.41) is 6.42.